The zero-order valence-electron chi connectivity index (χ0n) is 9.75. The van der Waals surface area contributed by atoms with Crippen LogP contribution in [0.1, 0.15) is 10.4 Å². The molecule has 0 unspecified atom stereocenters. The van der Waals surface area contributed by atoms with E-state index in [-0.39, 0.29) is 0 Å². The van der Waals surface area contributed by atoms with E-state index in [1.807, 2.05) is 6.07 Å². The highest BCUT2D eigenvalue weighted by Crippen LogP contribution is 2.30. The molecule has 0 aliphatic rings. The molecule has 0 saturated heterocycles. The van der Waals surface area contributed by atoms with Crippen LogP contribution < -0.4 is 0 Å². The highest BCUT2D eigenvalue weighted by molar-refractivity contribution is 5.93. The lowest BCUT2D eigenvalue weighted by atomic mass is 10.0. The van der Waals surface area contributed by atoms with Crippen molar-refractivity contribution in [3.63, 3.8) is 0 Å². The number of hydrogen-bond donors (Lipinski definition) is 0. The monoisotopic (exact) mass is 238 g/mol. The van der Waals surface area contributed by atoms with Crippen LogP contribution in [-0.4, -0.2) is 18.1 Å². The van der Waals surface area contributed by atoms with Gasteiger partial charge in [0, 0.05) is 12.4 Å². The van der Waals surface area contributed by atoms with Gasteiger partial charge >= 0.3 is 5.97 Å². The fourth-order valence-electron chi connectivity index (χ4n) is 1.63. The summed E-state index contributed by atoms with van der Waals surface area (Å²) in [6.45, 7) is 7.14. The molecule has 1 aromatic carbocycles. The Kier molecular flexibility index (Phi) is 3.35. The van der Waals surface area contributed by atoms with Crippen LogP contribution in [0.15, 0.2) is 42.7 Å². The van der Waals surface area contributed by atoms with Crippen LogP contribution in [0.4, 0.5) is 5.69 Å². The van der Waals surface area contributed by atoms with Crippen molar-refractivity contribution in [2.45, 2.75) is 0 Å². The van der Waals surface area contributed by atoms with Crippen LogP contribution >= 0.6 is 0 Å². The number of aromatic nitrogens is 1. The quantitative estimate of drug-likeness (QED) is 0.596. The minimum absolute atomic E-state index is 0.420. The number of carbonyl (C=O) groups is 1. The highest BCUT2D eigenvalue weighted by Gasteiger charge is 2.11. The molecule has 0 spiro atoms. The van der Waals surface area contributed by atoms with Gasteiger partial charge < -0.3 is 4.74 Å². The summed E-state index contributed by atoms with van der Waals surface area (Å²) in [4.78, 5) is 18.9. The van der Waals surface area contributed by atoms with Crippen molar-refractivity contribution in [1.29, 1.82) is 0 Å². The number of nitrogens with zero attached hydrogens (tertiary/aromatic N) is 2. The molecule has 18 heavy (non-hydrogen) atoms. The van der Waals surface area contributed by atoms with Gasteiger partial charge in [0.15, 0.2) is 5.69 Å². The molecule has 0 aliphatic heterocycles. The number of rotatable bonds is 2. The SMILES string of the molecule is [C-]#[N+]c1ccc(C(=O)OC)cc1-c1cccnc1. The number of carbonyl (C=O) groups excluding carboxylic acids is 1. The largest absolute Gasteiger partial charge is 0.465 e. The van der Waals surface area contributed by atoms with E-state index in [1.54, 1.807) is 36.7 Å². The Morgan fingerprint density at radius 1 is 1.39 bits per heavy atom. The van der Waals surface area contributed by atoms with Gasteiger partial charge in [0.1, 0.15) is 0 Å². The van der Waals surface area contributed by atoms with Gasteiger partial charge in [0.05, 0.1) is 19.2 Å². The maximum Gasteiger partial charge on any atom is 0.337 e. The Labute approximate surface area is 105 Å². The average Bonchev–Trinajstić information content (AvgIpc) is 2.46. The van der Waals surface area contributed by atoms with Gasteiger partial charge in [-0.2, -0.15) is 0 Å². The summed E-state index contributed by atoms with van der Waals surface area (Å²) in [5.41, 5.74) is 2.38. The molecule has 0 amide bonds. The van der Waals surface area contributed by atoms with Gasteiger partial charge in [-0.3, -0.25) is 4.98 Å². The van der Waals surface area contributed by atoms with Crippen molar-refractivity contribution in [3.05, 3.63) is 59.7 Å². The number of pyridine rings is 1. The van der Waals surface area contributed by atoms with Gasteiger partial charge in [0.25, 0.3) is 0 Å². The second kappa shape index (κ2) is 5.11. The van der Waals surface area contributed by atoms with Crippen LogP contribution in [0.3, 0.4) is 0 Å². The molecule has 0 saturated carbocycles. The van der Waals surface area contributed by atoms with Crippen LogP contribution in [-0.2, 0) is 4.74 Å². The predicted octanol–water partition coefficient (Wildman–Crippen LogP) is 3.09. The van der Waals surface area contributed by atoms with Crippen molar-refractivity contribution in [2.75, 3.05) is 7.11 Å². The molecule has 0 bridgehead atoms. The summed E-state index contributed by atoms with van der Waals surface area (Å²) >= 11 is 0. The molecule has 1 aromatic heterocycles. The van der Waals surface area contributed by atoms with Crippen LogP contribution in [0.5, 0.6) is 0 Å². The van der Waals surface area contributed by atoms with Gasteiger partial charge in [-0.1, -0.05) is 24.3 Å². The van der Waals surface area contributed by atoms with E-state index in [0.29, 0.717) is 16.8 Å². The molecule has 2 rings (SSSR count). The number of ether oxygens (including phenoxy) is 1. The van der Waals surface area contributed by atoms with Crippen molar-refractivity contribution < 1.29 is 9.53 Å². The Morgan fingerprint density at radius 2 is 2.22 bits per heavy atom. The van der Waals surface area contributed by atoms with E-state index in [2.05, 4.69) is 14.6 Å². The zero-order valence-corrected chi connectivity index (χ0v) is 9.75. The Balaban J connectivity index is 2.58. The van der Waals surface area contributed by atoms with Gasteiger partial charge in [-0.05, 0) is 17.2 Å². The van der Waals surface area contributed by atoms with Crippen LogP contribution in [0, 0.1) is 6.57 Å². The van der Waals surface area contributed by atoms with Crippen molar-refractivity contribution >= 4 is 11.7 Å². The lowest BCUT2D eigenvalue weighted by Gasteiger charge is -2.06. The summed E-state index contributed by atoms with van der Waals surface area (Å²) in [7, 11) is 1.33. The minimum Gasteiger partial charge on any atom is -0.465 e. The lowest BCUT2D eigenvalue weighted by molar-refractivity contribution is 0.0601. The molecule has 0 aliphatic carbocycles. The second-order valence-electron chi connectivity index (χ2n) is 3.58. The number of benzene rings is 1. The van der Waals surface area contributed by atoms with E-state index < -0.39 is 5.97 Å². The Hall–Kier alpha value is -2.67. The molecular formula is C14H10N2O2. The van der Waals surface area contributed by atoms with E-state index in [0.717, 1.165) is 5.56 Å². The first-order chi connectivity index (χ1) is 8.76. The summed E-state index contributed by atoms with van der Waals surface area (Å²) in [5, 5.41) is 0. The van der Waals surface area contributed by atoms with Crippen LogP contribution in [0.2, 0.25) is 0 Å². The summed E-state index contributed by atoms with van der Waals surface area (Å²) < 4.78 is 4.67. The molecule has 2 aromatic rings. The zero-order chi connectivity index (χ0) is 13.0. The summed E-state index contributed by atoms with van der Waals surface area (Å²) in [5.74, 6) is -0.420. The normalized spacial score (nSPS) is 9.56. The molecule has 0 N–H and O–H groups in total. The fourth-order valence-corrected chi connectivity index (χ4v) is 1.63. The third kappa shape index (κ3) is 2.20. The second-order valence-corrected chi connectivity index (χ2v) is 3.58. The molecule has 4 heteroatoms. The summed E-state index contributed by atoms with van der Waals surface area (Å²) in [6.07, 6.45) is 3.32. The predicted molar refractivity (Wildman–Crippen MR) is 67.3 cm³/mol. The van der Waals surface area contributed by atoms with Crippen molar-refractivity contribution in [3.8, 4) is 11.1 Å². The molecule has 0 fully saturated rings. The average molecular weight is 238 g/mol. The highest BCUT2D eigenvalue weighted by atomic mass is 16.5. The molecule has 0 atom stereocenters. The number of methoxy groups -OCH3 is 1. The smallest absolute Gasteiger partial charge is 0.337 e. The van der Waals surface area contributed by atoms with Gasteiger partial charge in [-0.25, -0.2) is 9.64 Å². The first kappa shape index (κ1) is 11.8. The van der Waals surface area contributed by atoms with E-state index in [1.165, 1.54) is 7.11 Å². The van der Waals surface area contributed by atoms with Crippen molar-refractivity contribution in [1.82, 2.24) is 4.98 Å². The standard InChI is InChI=1S/C14H10N2O2/c1-15-13-6-5-10(14(17)18-2)8-12(13)11-4-3-7-16-9-11/h3-9H,2H3. The lowest BCUT2D eigenvalue weighted by Crippen LogP contribution is -2.00. The van der Waals surface area contributed by atoms with Gasteiger partial charge in [0.2, 0.25) is 0 Å². The van der Waals surface area contributed by atoms with Gasteiger partial charge in [-0.15, -0.1) is 0 Å². The Morgan fingerprint density at radius 3 is 2.83 bits per heavy atom. The third-order valence-electron chi connectivity index (χ3n) is 2.51. The topological polar surface area (TPSA) is 43.5 Å². The number of hydrogen-bond acceptors (Lipinski definition) is 3. The third-order valence-corrected chi connectivity index (χ3v) is 2.51. The van der Waals surface area contributed by atoms with E-state index in [4.69, 9.17) is 6.57 Å². The minimum atomic E-state index is -0.420. The molecule has 0 radical (unpaired) electrons. The molecule has 1 heterocycles. The number of esters is 1. The first-order valence-corrected chi connectivity index (χ1v) is 5.26. The molecule has 4 nitrogen and oxygen atoms in total. The van der Waals surface area contributed by atoms with E-state index in [9.17, 15) is 4.79 Å². The maximum atomic E-state index is 11.5. The fraction of sp³-hybridized carbons (Fsp3) is 0.0714. The Bertz CT molecular complexity index is 615. The van der Waals surface area contributed by atoms with Crippen molar-refractivity contribution in [2.24, 2.45) is 0 Å². The summed E-state index contributed by atoms with van der Waals surface area (Å²) in [6, 6.07) is 8.48. The molecule has 88 valence electrons. The van der Waals surface area contributed by atoms with Crippen LogP contribution in [0.25, 0.3) is 16.0 Å². The first-order valence-electron chi connectivity index (χ1n) is 5.26. The maximum absolute atomic E-state index is 11.5. The molecular weight excluding hydrogens is 228 g/mol. The van der Waals surface area contributed by atoms with E-state index >= 15 is 0 Å².